The second-order valence-corrected chi connectivity index (χ2v) is 9.72. The Labute approximate surface area is 184 Å². The van der Waals surface area contributed by atoms with Crippen molar-refractivity contribution in [2.45, 2.75) is 19.3 Å². The lowest BCUT2D eigenvalue weighted by Crippen LogP contribution is -2.35. The van der Waals surface area contributed by atoms with E-state index in [4.69, 9.17) is 0 Å². The van der Waals surface area contributed by atoms with Crippen LogP contribution in [0.4, 0.5) is 10.2 Å². The summed E-state index contributed by atoms with van der Waals surface area (Å²) in [5, 5.41) is 19.6. The summed E-state index contributed by atoms with van der Waals surface area (Å²) in [6.45, 7) is 0.421. The highest BCUT2D eigenvalue weighted by Crippen LogP contribution is 2.51. The number of hydrogen-bond donors (Lipinski definition) is 4. The lowest BCUT2D eigenvalue weighted by molar-refractivity contribution is 0.466. The van der Waals surface area contributed by atoms with E-state index < -0.39 is 10.8 Å². The Balaban J connectivity index is 1.59. The summed E-state index contributed by atoms with van der Waals surface area (Å²) in [5.41, 5.74) is 1.09. The van der Waals surface area contributed by atoms with E-state index in [0.717, 1.165) is 6.42 Å². The maximum Gasteiger partial charge on any atom is 0.184 e. The summed E-state index contributed by atoms with van der Waals surface area (Å²) < 4.78 is 36.3. The number of hydrogen-bond acceptors (Lipinski definition) is 8. The van der Waals surface area contributed by atoms with Gasteiger partial charge in [0.25, 0.3) is 0 Å². The Hall–Kier alpha value is -3.28. The summed E-state index contributed by atoms with van der Waals surface area (Å²) in [6, 6.07) is 9.61. The SMILES string of the molecule is Oc1c(-c2nnc(Cc3cccc(F)c3)[nH]2)nc(N2CCCCS2(O)O)c2cccnc12. The molecule has 0 unspecified atom stereocenters. The van der Waals surface area contributed by atoms with Gasteiger partial charge >= 0.3 is 0 Å². The van der Waals surface area contributed by atoms with Gasteiger partial charge in [-0.1, -0.05) is 12.1 Å². The van der Waals surface area contributed by atoms with Gasteiger partial charge in [-0.2, -0.15) is 0 Å². The first-order chi connectivity index (χ1) is 15.4. The van der Waals surface area contributed by atoms with Crippen molar-refractivity contribution in [1.82, 2.24) is 25.1 Å². The number of nitrogens with one attached hydrogen (secondary N) is 1. The summed E-state index contributed by atoms with van der Waals surface area (Å²) in [5.74, 6) is 0.724. The lowest BCUT2D eigenvalue weighted by atomic mass is 10.1. The van der Waals surface area contributed by atoms with Gasteiger partial charge in [0.05, 0.1) is 5.75 Å². The molecular weight excluding hydrogens is 435 g/mol. The Bertz CT molecular complexity index is 1300. The molecule has 0 aliphatic carbocycles. The van der Waals surface area contributed by atoms with Gasteiger partial charge in [0.2, 0.25) is 0 Å². The zero-order valence-corrected chi connectivity index (χ0v) is 17.8. The molecule has 32 heavy (non-hydrogen) atoms. The van der Waals surface area contributed by atoms with Crippen LogP contribution in [0.3, 0.4) is 0 Å². The third-order valence-electron chi connectivity index (χ3n) is 5.35. The molecule has 1 aliphatic rings. The van der Waals surface area contributed by atoms with Crippen LogP contribution in [0, 0.1) is 5.82 Å². The van der Waals surface area contributed by atoms with Crippen LogP contribution < -0.4 is 4.31 Å². The van der Waals surface area contributed by atoms with Crippen LogP contribution in [-0.2, 0) is 6.42 Å². The zero-order chi connectivity index (χ0) is 22.3. The van der Waals surface area contributed by atoms with E-state index in [2.05, 4.69) is 25.1 Å². The standard InChI is InChI=1S/C21H21FN6O3S/c22-14-6-3-5-13(11-14)12-16-24-20(27-26-16)18-19(29)17-15(7-4-8-23-17)21(25-18)28-9-1-2-10-32(28,30)31/h3-8,11,29-31H,1-2,9-10,12H2,(H,24,26,27). The molecule has 1 aromatic carbocycles. The number of nitrogens with zero attached hydrogens (tertiary/aromatic N) is 5. The van der Waals surface area contributed by atoms with Gasteiger partial charge in [0, 0.05) is 24.5 Å². The lowest BCUT2D eigenvalue weighted by Gasteiger charge is -2.47. The van der Waals surface area contributed by atoms with Gasteiger partial charge < -0.3 is 10.1 Å². The third kappa shape index (κ3) is 3.74. The van der Waals surface area contributed by atoms with Crippen molar-refractivity contribution < 1.29 is 18.6 Å². The molecule has 5 rings (SSSR count). The molecule has 4 N–H and O–H groups in total. The fraction of sp³-hybridized carbons (Fsp3) is 0.238. The number of H-pyrrole nitrogens is 1. The van der Waals surface area contributed by atoms with Crippen LogP contribution in [0.15, 0.2) is 42.6 Å². The molecule has 4 heterocycles. The minimum atomic E-state index is -3.04. The van der Waals surface area contributed by atoms with Gasteiger partial charge in [0.1, 0.15) is 17.2 Å². The highest BCUT2D eigenvalue weighted by molar-refractivity contribution is 8.25. The summed E-state index contributed by atoms with van der Waals surface area (Å²) >= 11 is 0. The van der Waals surface area contributed by atoms with Crippen LogP contribution in [0.1, 0.15) is 24.2 Å². The number of rotatable bonds is 4. The van der Waals surface area contributed by atoms with E-state index >= 15 is 0 Å². The molecule has 3 aromatic heterocycles. The molecule has 11 heteroatoms. The van der Waals surface area contributed by atoms with Gasteiger partial charge in [-0.3, -0.25) is 18.4 Å². The van der Waals surface area contributed by atoms with Crippen molar-refractivity contribution >= 4 is 27.5 Å². The molecule has 0 atom stereocenters. The predicted molar refractivity (Wildman–Crippen MR) is 120 cm³/mol. The summed E-state index contributed by atoms with van der Waals surface area (Å²) in [4.78, 5) is 11.9. The average molecular weight is 457 g/mol. The normalized spacial score (nSPS) is 16.9. The second kappa shape index (κ2) is 8.01. The summed E-state index contributed by atoms with van der Waals surface area (Å²) in [6.07, 6.45) is 3.36. The predicted octanol–water partition coefficient (Wildman–Crippen LogP) is 4.12. The van der Waals surface area contributed by atoms with Crippen molar-refractivity contribution in [2.24, 2.45) is 0 Å². The first kappa shape index (κ1) is 20.6. The molecule has 4 aromatic rings. The number of aromatic hydroxyl groups is 1. The maximum absolute atomic E-state index is 13.5. The van der Waals surface area contributed by atoms with Gasteiger partial charge in [-0.25, -0.2) is 9.37 Å². The van der Waals surface area contributed by atoms with Crippen LogP contribution in [-0.4, -0.2) is 51.7 Å². The summed E-state index contributed by atoms with van der Waals surface area (Å²) in [7, 11) is -3.04. The Morgan fingerprint density at radius 2 is 2.00 bits per heavy atom. The van der Waals surface area contributed by atoms with Crippen LogP contribution in [0.5, 0.6) is 5.75 Å². The van der Waals surface area contributed by atoms with Crippen molar-refractivity contribution in [2.75, 3.05) is 16.6 Å². The number of pyridine rings is 2. The van der Waals surface area contributed by atoms with E-state index in [-0.39, 0.29) is 34.4 Å². The molecule has 1 fully saturated rings. The highest BCUT2D eigenvalue weighted by atomic mass is 32.3. The molecule has 0 radical (unpaired) electrons. The van der Waals surface area contributed by atoms with Crippen LogP contribution in [0.2, 0.25) is 0 Å². The van der Waals surface area contributed by atoms with Gasteiger partial charge in [-0.05, 0) is 42.7 Å². The molecule has 9 nitrogen and oxygen atoms in total. The fourth-order valence-electron chi connectivity index (χ4n) is 3.84. The van der Waals surface area contributed by atoms with E-state index in [9.17, 15) is 18.6 Å². The molecule has 0 amide bonds. The van der Waals surface area contributed by atoms with E-state index in [0.29, 0.717) is 42.0 Å². The van der Waals surface area contributed by atoms with Crippen molar-refractivity contribution in [3.8, 4) is 17.3 Å². The molecule has 0 spiro atoms. The molecule has 1 saturated heterocycles. The van der Waals surface area contributed by atoms with Crippen LogP contribution in [0.25, 0.3) is 22.4 Å². The third-order valence-corrected chi connectivity index (χ3v) is 7.25. The maximum atomic E-state index is 13.5. The van der Waals surface area contributed by atoms with E-state index in [1.165, 1.54) is 16.4 Å². The number of benzene rings is 1. The molecule has 1 aliphatic heterocycles. The molecule has 0 bridgehead atoms. The molecule has 166 valence electrons. The number of halogens is 1. The topological polar surface area (TPSA) is 131 Å². The van der Waals surface area contributed by atoms with Gasteiger partial charge in [0.15, 0.2) is 23.1 Å². The number of fused-ring (bicyclic) bond motifs is 1. The molecule has 0 saturated carbocycles. The van der Waals surface area contributed by atoms with Crippen molar-refractivity contribution in [3.63, 3.8) is 0 Å². The molecular formula is C21H21FN6O3S. The average Bonchev–Trinajstić information content (AvgIpc) is 3.22. The van der Waals surface area contributed by atoms with Crippen LogP contribution >= 0.6 is 10.8 Å². The van der Waals surface area contributed by atoms with Crippen molar-refractivity contribution in [3.05, 3.63) is 59.8 Å². The number of aromatic amines is 1. The second-order valence-electron chi connectivity index (χ2n) is 7.60. The number of aromatic nitrogens is 5. The van der Waals surface area contributed by atoms with Gasteiger partial charge in [-0.15, -0.1) is 21.0 Å². The Morgan fingerprint density at radius 3 is 2.81 bits per heavy atom. The van der Waals surface area contributed by atoms with E-state index in [1.54, 1.807) is 30.5 Å². The minimum absolute atomic E-state index is 0.102. The number of anilines is 1. The minimum Gasteiger partial charge on any atom is -0.504 e. The van der Waals surface area contributed by atoms with Crippen molar-refractivity contribution in [1.29, 1.82) is 0 Å². The fourth-order valence-corrected chi connectivity index (χ4v) is 5.49. The largest absolute Gasteiger partial charge is 0.504 e. The highest BCUT2D eigenvalue weighted by Gasteiger charge is 2.31. The Morgan fingerprint density at radius 1 is 1.12 bits per heavy atom. The first-order valence-corrected chi connectivity index (χ1v) is 11.8. The van der Waals surface area contributed by atoms with E-state index in [1.807, 2.05) is 0 Å². The Kier molecular flexibility index (Phi) is 5.16. The monoisotopic (exact) mass is 456 g/mol. The quantitative estimate of drug-likeness (QED) is 0.361. The zero-order valence-electron chi connectivity index (χ0n) is 16.9. The first-order valence-electron chi connectivity index (χ1n) is 10.1. The smallest absolute Gasteiger partial charge is 0.184 e.